The summed E-state index contributed by atoms with van der Waals surface area (Å²) in [7, 11) is -3.19. The van der Waals surface area contributed by atoms with E-state index in [0.717, 1.165) is 10.0 Å². The Morgan fingerprint density at radius 3 is 1.48 bits per heavy atom. The summed E-state index contributed by atoms with van der Waals surface area (Å²) in [4.78, 5) is 0. The van der Waals surface area contributed by atoms with Crippen molar-refractivity contribution in [3.05, 3.63) is 151 Å². The summed E-state index contributed by atoms with van der Waals surface area (Å²) >= 11 is 29.3. The molecule has 2 aromatic rings. The molecule has 262 valence electrons. The molecule has 0 fully saturated rings. The molecule has 0 saturated heterocycles. The van der Waals surface area contributed by atoms with Gasteiger partial charge in [-0.25, -0.2) is 0 Å². The molecule has 4 aliphatic carbocycles. The Balaban J connectivity index is 1.34. The van der Waals surface area contributed by atoms with Crippen molar-refractivity contribution in [2.45, 2.75) is 89.6 Å². The Kier molecular flexibility index (Phi) is 10.4. The van der Waals surface area contributed by atoms with Crippen LogP contribution in [0.4, 0.5) is 0 Å². The first kappa shape index (κ1) is 37.7. The molecule has 0 amide bonds. The molecular formula is C44H50Cl4Si2. The quantitative estimate of drug-likeness (QED) is 0.194. The summed E-state index contributed by atoms with van der Waals surface area (Å²) in [5, 5.41) is 4.46. The first-order valence-corrected chi connectivity index (χ1v) is 26.3. The first-order chi connectivity index (χ1) is 23.3. The highest BCUT2D eigenvalue weighted by atomic mass is 35.5. The molecule has 0 aliphatic heterocycles. The van der Waals surface area contributed by atoms with Crippen molar-refractivity contribution in [3.8, 4) is 0 Å². The van der Waals surface area contributed by atoms with E-state index in [1.54, 1.807) is 0 Å². The van der Waals surface area contributed by atoms with E-state index in [0.29, 0.717) is 6.42 Å². The molecule has 6 rings (SSSR count). The average molecular weight is 777 g/mol. The van der Waals surface area contributed by atoms with Gasteiger partial charge in [0.05, 0.1) is 16.1 Å². The lowest BCUT2D eigenvalue weighted by molar-refractivity contribution is 0.515. The van der Waals surface area contributed by atoms with Crippen LogP contribution >= 0.6 is 46.4 Å². The standard InChI is InChI=1S/C44H50Cl4Si2/c1-26-21-36-32(30-19-28(3)42(39(45)23-30)49(5,6)7)15-11-13-17-34(36)38(26)25-44(47,48)41-27(2)22-37-33(16-12-14-18-35(37)41)31-20-29(4)43(40(46)24-31)50(8,9)10/h11-24,32-33,38,41H,25H2,1-10H3. The Bertz CT molecular complexity index is 1950. The third kappa shape index (κ3) is 7.03. The zero-order valence-electron chi connectivity index (χ0n) is 31.1. The van der Waals surface area contributed by atoms with Crippen LogP contribution in [-0.2, 0) is 0 Å². The maximum atomic E-state index is 7.61. The summed E-state index contributed by atoms with van der Waals surface area (Å²) in [6.07, 6.45) is 23.0. The van der Waals surface area contributed by atoms with Crippen LogP contribution in [0.15, 0.2) is 118 Å². The predicted octanol–water partition coefficient (Wildman–Crippen LogP) is 13.1. The number of hydrogen-bond donors (Lipinski definition) is 0. The fourth-order valence-corrected chi connectivity index (χ4v) is 16.3. The number of rotatable bonds is 7. The van der Waals surface area contributed by atoms with Gasteiger partial charge in [-0.3, -0.25) is 0 Å². The SMILES string of the molecule is CC1=CC2=C(C=CC=CC2c2cc(C)c([Si](C)(C)C)c(Cl)c2)C1CC(Cl)(Cl)C1C(C)=CC2=C1C=CC=CC2c1cc(C)c([Si](C)(C)C)c(Cl)c1. The second-order valence-corrected chi connectivity index (χ2v) is 29.2. The van der Waals surface area contributed by atoms with Crippen molar-refractivity contribution in [1.82, 2.24) is 0 Å². The van der Waals surface area contributed by atoms with Crippen LogP contribution in [0.1, 0.15) is 54.4 Å². The minimum absolute atomic E-state index is 0.0673. The van der Waals surface area contributed by atoms with Gasteiger partial charge in [-0.1, -0.05) is 158 Å². The van der Waals surface area contributed by atoms with Gasteiger partial charge in [-0.05, 0) is 90.0 Å². The van der Waals surface area contributed by atoms with E-state index in [9.17, 15) is 0 Å². The van der Waals surface area contributed by atoms with Gasteiger partial charge in [-0.15, -0.1) is 23.2 Å². The summed E-state index contributed by atoms with van der Waals surface area (Å²) in [5.74, 6) is 0.147. The van der Waals surface area contributed by atoms with Crippen molar-refractivity contribution < 1.29 is 0 Å². The minimum Gasteiger partial charge on any atom is -0.101 e. The van der Waals surface area contributed by atoms with Gasteiger partial charge in [0.1, 0.15) is 4.33 Å². The molecule has 4 unspecified atom stereocenters. The van der Waals surface area contributed by atoms with Crippen LogP contribution in [0.2, 0.25) is 49.3 Å². The van der Waals surface area contributed by atoms with Gasteiger partial charge in [0.15, 0.2) is 0 Å². The van der Waals surface area contributed by atoms with Crippen molar-refractivity contribution in [2.24, 2.45) is 11.8 Å². The second-order valence-electron chi connectivity index (χ2n) is 16.9. The maximum absolute atomic E-state index is 7.61. The van der Waals surface area contributed by atoms with Crippen molar-refractivity contribution in [2.75, 3.05) is 0 Å². The summed E-state index contributed by atoms with van der Waals surface area (Å²) in [6.45, 7) is 23.0. The van der Waals surface area contributed by atoms with Crippen LogP contribution < -0.4 is 10.4 Å². The van der Waals surface area contributed by atoms with E-state index in [1.807, 2.05) is 0 Å². The predicted molar refractivity (Wildman–Crippen MR) is 228 cm³/mol. The van der Waals surface area contributed by atoms with Gasteiger partial charge in [0.2, 0.25) is 0 Å². The van der Waals surface area contributed by atoms with Crippen LogP contribution in [0.5, 0.6) is 0 Å². The van der Waals surface area contributed by atoms with Crippen LogP contribution in [0, 0.1) is 25.7 Å². The fraction of sp³-hybridized carbons (Fsp3) is 0.364. The fourth-order valence-electron chi connectivity index (χ4n) is 9.12. The molecule has 0 heterocycles. The van der Waals surface area contributed by atoms with Crippen LogP contribution in [-0.4, -0.2) is 20.5 Å². The maximum Gasteiger partial charge on any atom is 0.129 e. The lowest BCUT2D eigenvalue weighted by atomic mass is 9.81. The van der Waals surface area contributed by atoms with Crippen molar-refractivity contribution in [1.29, 1.82) is 0 Å². The summed E-state index contributed by atoms with van der Waals surface area (Å²) < 4.78 is -1.03. The minimum atomic E-state index is -1.60. The topological polar surface area (TPSA) is 0 Å². The molecule has 4 atom stereocenters. The normalized spacial score (nSPS) is 23.6. The number of aryl methyl sites for hydroxylation is 2. The number of allylic oxidation sites excluding steroid dienone is 16. The molecule has 0 bridgehead atoms. The van der Waals surface area contributed by atoms with E-state index >= 15 is 0 Å². The van der Waals surface area contributed by atoms with Crippen LogP contribution in [0.25, 0.3) is 0 Å². The highest BCUT2D eigenvalue weighted by Gasteiger charge is 2.45. The average Bonchev–Trinajstić information content (AvgIpc) is 3.25. The van der Waals surface area contributed by atoms with Crippen LogP contribution in [0.3, 0.4) is 0 Å². The summed E-state index contributed by atoms with van der Waals surface area (Å²) in [5.41, 5.74) is 12.6. The van der Waals surface area contributed by atoms with Gasteiger partial charge in [0, 0.05) is 33.7 Å². The third-order valence-electron chi connectivity index (χ3n) is 10.9. The number of halogens is 4. The molecule has 0 N–H and O–H groups in total. The Morgan fingerprint density at radius 1 is 0.580 bits per heavy atom. The lowest BCUT2D eigenvalue weighted by Crippen LogP contribution is -2.40. The highest BCUT2D eigenvalue weighted by molar-refractivity contribution is 6.91. The monoisotopic (exact) mass is 774 g/mol. The lowest BCUT2D eigenvalue weighted by Gasteiger charge is -2.33. The summed E-state index contributed by atoms with van der Waals surface area (Å²) in [6, 6.07) is 9.08. The Hall–Kier alpha value is -2.05. The van der Waals surface area contributed by atoms with Crippen molar-refractivity contribution >= 4 is 72.9 Å². The van der Waals surface area contributed by atoms with E-state index in [1.165, 1.54) is 66.1 Å². The van der Waals surface area contributed by atoms with Gasteiger partial charge in [-0.2, -0.15) is 0 Å². The molecule has 0 nitrogen and oxygen atoms in total. The van der Waals surface area contributed by atoms with E-state index in [2.05, 4.69) is 152 Å². The molecule has 6 heteroatoms. The van der Waals surface area contributed by atoms with Gasteiger partial charge < -0.3 is 0 Å². The zero-order valence-corrected chi connectivity index (χ0v) is 36.1. The molecule has 0 aromatic heterocycles. The zero-order chi connectivity index (χ0) is 36.5. The van der Waals surface area contributed by atoms with E-state index in [-0.39, 0.29) is 23.7 Å². The third-order valence-corrected chi connectivity index (χ3v) is 16.9. The largest absolute Gasteiger partial charge is 0.129 e. The van der Waals surface area contributed by atoms with E-state index in [4.69, 9.17) is 46.4 Å². The molecule has 4 aliphatic rings. The Labute approximate surface area is 323 Å². The second kappa shape index (κ2) is 13.7. The molecule has 0 saturated carbocycles. The number of hydrogen-bond acceptors (Lipinski definition) is 0. The molecular weight excluding hydrogens is 726 g/mol. The molecule has 0 radical (unpaired) electrons. The highest BCUT2D eigenvalue weighted by Crippen LogP contribution is 2.55. The molecule has 0 spiro atoms. The Morgan fingerprint density at radius 2 is 1.02 bits per heavy atom. The molecule has 50 heavy (non-hydrogen) atoms. The molecule has 2 aromatic carbocycles. The van der Waals surface area contributed by atoms with Gasteiger partial charge in [0.25, 0.3) is 0 Å². The first-order valence-electron chi connectivity index (χ1n) is 17.8. The van der Waals surface area contributed by atoms with Crippen molar-refractivity contribution in [3.63, 3.8) is 0 Å². The van der Waals surface area contributed by atoms with Gasteiger partial charge >= 0.3 is 0 Å². The number of alkyl halides is 2. The van der Waals surface area contributed by atoms with E-state index < -0.39 is 20.5 Å². The smallest absolute Gasteiger partial charge is 0.101 e. The number of benzene rings is 2.